The Hall–Kier alpha value is -2.55. The quantitative estimate of drug-likeness (QED) is 0.702. The molecule has 1 N–H and O–H groups in total. The van der Waals surface area contributed by atoms with Gasteiger partial charge in [0.2, 0.25) is 0 Å². The van der Waals surface area contributed by atoms with Crippen molar-refractivity contribution in [2.75, 3.05) is 13.2 Å². The first-order valence-electron chi connectivity index (χ1n) is 7.93. The Morgan fingerprint density at radius 1 is 1.42 bits per heavy atom. The molecule has 1 aromatic rings. The van der Waals surface area contributed by atoms with E-state index in [0.717, 1.165) is 6.42 Å². The van der Waals surface area contributed by atoms with Crippen LogP contribution in [0.15, 0.2) is 18.2 Å². The highest BCUT2D eigenvalue weighted by Crippen LogP contribution is 2.24. The molecule has 6 heteroatoms. The van der Waals surface area contributed by atoms with E-state index in [4.69, 9.17) is 9.47 Å². The lowest BCUT2D eigenvalue weighted by Crippen LogP contribution is -2.50. The molecule has 24 heavy (non-hydrogen) atoms. The van der Waals surface area contributed by atoms with Crippen LogP contribution in [0.1, 0.15) is 44.5 Å². The molecular formula is C18H24N2O4. The highest BCUT2D eigenvalue weighted by molar-refractivity contribution is 5.81. The van der Waals surface area contributed by atoms with Gasteiger partial charge in [-0.3, -0.25) is 9.59 Å². The van der Waals surface area contributed by atoms with Gasteiger partial charge in [0.1, 0.15) is 17.0 Å². The molecule has 1 aromatic carbocycles. The predicted octanol–water partition coefficient (Wildman–Crippen LogP) is 2.72. The van der Waals surface area contributed by atoms with Crippen LogP contribution in [0.25, 0.3) is 0 Å². The van der Waals surface area contributed by atoms with Crippen molar-refractivity contribution < 1.29 is 19.1 Å². The molecule has 0 radical (unpaired) electrons. The van der Waals surface area contributed by atoms with Crippen molar-refractivity contribution in [1.82, 2.24) is 5.32 Å². The summed E-state index contributed by atoms with van der Waals surface area (Å²) in [5.74, 6) is 0.367. The van der Waals surface area contributed by atoms with Crippen molar-refractivity contribution in [1.29, 1.82) is 5.26 Å². The molecule has 0 unspecified atom stereocenters. The summed E-state index contributed by atoms with van der Waals surface area (Å²) in [6.45, 7) is 7.61. The largest absolute Gasteiger partial charge is 0.493 e. The third-order valence-corrected chi connectivity index (χ3v) is 3.73. The lowest BCUT2D eigenvalue weighted by Gasteiger charge is -2.27. The van der Waals surface area contributed by atoms with Crippen LogP contribution in [0.5, 0.6) is 11.5 Å². The average Bonchev–Trinajstić information content (AvgIpc) is 2.57. The number of carbonyl (C=O) groups is 2. The molecular weight excluding hydrogens is 308 g/mol. The molecule has 0 saturated heterocycles. The number of nitrogens with zero attached hydrogens (tertiary/aromatic N) is 1. The SMILES string of the molecule is CCCOc1ccc(C=O)c(OCC(=O)N[C@](C)(C#N)C(C)C)c1. The maximum Gasteiger partial charge on any atom is 0.259 e. The van der Waals surface area contributed by atoms with Gasteiger partial charge in [0, 0.05) is 6.07 Å². The molecule has 0 saturated carbocycles. The van der Waals surface area contributed by atoms with Crippen LogP contribution in [-0.4, -0.2) is 30.9 Å². The lowest BCUT2D eigenvalue weighted by molar-refractivity contribution is -0.124. The van der Waals surface area contributed by atoms with Gasteiger partial charge in [0.25, 0.3) is 5.91 Å². The summed E-state index contributed by atoms with van der Waals surface area (Å²) < 4.78 is 10.9. The van der Waals surface area contributed by atoms with Gasteiger partial charge in [-0.15, -0.1) is 0 Å². The molecule has 0 aromatic heterocycles. The number of ether oxygens (including phenoxy) is 2. The fourth-order valence-electron chi connectivity index (χ4n) is 1.82. The summed E-state index contributed by atoms with van der Waals surface area (Å²) in [7, 11) is 0. The van der Waals surface area contributed by atoms with E-state index in [-0.39, 0.29) is 18.3 Å². The first-order valence-corrected chi connectivity index (χ1v) is 7.93. The van der Waals surface area contributed by atoms with Crippen molar-refractivity contribution in [2.24, 2.45) is 5.92 Å². The van der Waals surface area contributed by atoms with Crippen molar-refractivity contribution in [3.63, 3.8) is 0 Å². The summed E-state index contributed by atoms with van der Waals surface area (Å²) in [5, 5.41) is 11.9. The van der Waals surface area contributed by atoms with Crippen LogP contribution in [-0.2, 0) is 4.79 Å². The maximum atomic E-state index is 12.0. The topological polar surface area (TPSA) is 88.4 Å². The van der Waals surface area contributed by atoms with E-state index >= 15 is 0 Å². The van der Waals surface area contributed by atoms with Crippen molar-refractivity contribution >= 4 is 12.2 Å². The predicted molar refractivity (Wildman–Crippen MR) is 90.1 cm³/mol. The lowest BCUT2D eigenvalue weighted by atomic mass is 9.90. The second kappa shape index (κ2) is 8.92. The Labute approximate surface area is 142 Å². The van der Waals surface area contributed by atoms with E-state index in [1.165, 1.54) is 0 Å². The monoisotopic (exact) mass is 332 g/mol. The average molecular weight is 332 g/mol. The van der Waals surface area contributed by atoms with Crippen LogP contribution in [0.4, 0.5) is 0 Å². The Morgan fingerprint density at radius 3 is 2.67 bits per heavy atom. The molecule has 0 bridgehead atoms. The second-order valence-corrected chi connectivity index (χ2v) is 5.97. The Bertz CT molecular complexity index is 622. The normalized spacial score (nSPS) is 12.8. The summed E-state index contributed by atoms with van der Waals surface area (Å²) >= 11 is 0. The number of carbonyl (C=O) groups excluding carboxylic acids is 2. The maximum absolute atomic E-state index is 12.0. The molecule has 0 heterocycles. The van der Waals surface area contributed by atoms with Gasteiger partial charge in [0.15, 0.2) is 12.9 Å². The van der Waals surface area contributed by atoms with Crippen LogP contribution < -0.4 is 14.8 Å². The van der Waals surface area contributed by atoms with Crippen LogP contribution >= 0.6 is 0 Å². The minimum absolute atomic E-state index is 0.0530. The highest BCUT2D eigenvalue weighted by Gasteiger charge is 2.30. The van der Waals surface area contributed by atoms with Gasteiger partial charge >= 0.3 is 0 Å². The minimum atomic E-state index is -0.972. The van der Waals surface area contributed by atoms with Crippen molar-refractivity contribution in [2.45, 2.75) is 39.7 Å². The smallest absolute Gasteiger partial charge is 0.259 e. The molecule has 130 valence electrons. The van der Waals surface area contributed by atoms with Crippen LogP contribution in [0.2, 0.25) is 0 Å². The van der Waals surface area contributed by atoms with E-state index in [1.807, 2.05) is 20.8 Å². The van der Waals surface area contributed by atoms with Gasteiger partial charge in [-0.2, -0.15) is 5.26 Å². The van der Waals surface area contributed by atoms with E-state index in [1.54, 1.807) is 25.1 Å². The molecule has 1 rings (SSSR count). The molecule has 0 spiro atoms. The Morgan fingerprint density at radius 2 is 2.12 bits per heavy atom. The standard InChI is InChI=1S/C18H24N2O4/c1-5-8-23-15-7-6-14(10-21)16(9-15)24-11-17(22)20-18(4,12-19)13(2)3/h6-7,9-10,13H,5,8,11H2,1-4H3,(H,20,22)/t18-/m1/s1. The molecule has 0 fully saturated rings. The van der Waals surface area contributed by atoms with E-state index in [9.17, 15) is 14.9 Å². The number of aldehydes is 1. The number of nitrogens with one attached hydrogen (secondary N) is 1. The summed E-state index contributed by atoms with van der Waals surface area (Å²) in [4.78, 5) is 23.1. The summed E-state index contributed by atoms with van der Waals surface area (Å²) in [5.41, 5.74) is -0.640. The van der Waals surface area contributed by atoms with Gasteiger partial charge in [-0.1, -0.05) is 20.8 Å². The van der Waals surface area contributed by atoms with Gasteiger partial charge < -0.3 is 14.8 Å². The number of benzene rings is 1. The number of nitriles is 1. The van der Waals surface area contributed by atoms with E-state index in [2.05, 4.69) is 11.4 Å². The van der Waals surface area contributed by atoms with Crippen LogP contribution in [0, 0.1) is 17.2 Å². The van der Waals surface area contributed by atoms with Gasteiger partial charge in [0.05, 0.1) is 18.2 Å². The summed E-state index contributed by atoms with van der Waals surface area (Å²) in [6.07, 6.45) is 1.51. The van der Waals surface area contributed by atoms with Crippen LogP contribution in [0.3, 0.4) is 0 Å². The zero-order chi connectivity index (χ0) is 18.2. The molecule has 6 nitrogen and oxygen atoms in total. The van der Waals surface area contributed by atoms with Gasteiger partial charge in [-0.05, 0) is 31.4 Å². The molecule has 0 aliphatic carbocycles. The van der Waals surface area contributed by atoms with E-state index < -0.39 is 11.4 Å². The number of rotatable bonds is 9. The zero-order valence-electron chi connectivity index (χ0n) is 14.6. The summed E-state index contributed by atoms with van der Waals surface area (Å²) in [6, 6.07) is 6.94. The van der Waals surface area contributed by atoms with Gasteiger partial charge in [-0.25, -0.2) is 0 Å². The van der Waals surface area contributed by atoms with E-state index in [0.29, 0.717) is 24.2 Å². The third-order valence-electron chi connectivity index (χ3n) is 3.73. The number of hydrogen-bond acceptors (Lipinski definition) is 5. The number of amides is 1. The first kappa shape index (κ1) is 19.5. The Kier molecular flexibility index (Phi) is 7.25. The molecule has 0 aliphatic rings. The molecule has 1 atom stereocenters. The van der Waals surface area contributed by atoms with Crippen molar-refractivity contribution in [3.8, 4) is 17.6 Å². The molecule has 0 aliphatic heterocycles. The fraction of sp³-hybridized carbons (Fsp3) is 0.500. The molecule has 1 amide bonds. The Balaban J connectivity index is 2.77. The second-order valence-electron chi connectivity index (χ2n) is 5.97. The number of hydrogen-bond donors (Lipinski definition) is 1. The fourth-order valence-corrected chi connectivity index (χ4v) is 1.82. The third kappa shape index (κ3) is 5.27. The van der Waals surface area contributed by atoms with Crippen molar-refractivity contribution in [3.05, 3.63) is 23.8 Å². The first-order chi connectivity index (χ1) is 11.4. The zero-order valence-corrected chi connectivity index (χ0v) is 14.6. The minimum Gasteiger partial charge on any atom is -0.493 e. The highest BCUT2D eigenvalue weighted by atomic mass is 16.5.